The first-order valence-corrected chi connectivity index (χ1v) is 9.28. The summed E-state index contributed by atoms with van der Waals surface area (Å²) < 4.78 is 1.53. The molecule has 0 unspecified atom stereocenters. The molecule has 1 aromatic heterocycles. The third-order valence-electron chi connectivity index (χ3n) is 4.71. The molecule has 1 aliphatic rings. The van der Waals surface area contributed by atoms with Gasteiger partial charge >= 0.3 is 0 Å². The topological polar surface area (TPSA) is 76.0 Å². The van der Waals surface area contributed by atoms with Crippen molar-refractivity contribution in [1.82, 2.24) is 15.1 Å². The second-order valence-corrected chi connectivity index (χ2v) is 7.11. The molecule has 26 heavy (non-hydrogen) atoms. The molecule has 1 saturated carbocycles. The highest BCUT2D eigenvalue weighted by molar-refractivity contribution is 6.30. The van der Waals surface area contributed by atoms with Gasteiger partial charge in [0.05, 0.1) is 0 Å². The van der Waals surface area contributed by atoms with Crippen molar-refractivity contribution >= 4 is 29.2 Å². The predicted octanol–water partition coefficient (Wildman–Crippen LogP) is 3.52. The average molecular weight is 375 g/mol. The van der Waals surface area contributed by atoms with Gasteiger partial charge in [0.15, 0.2) is 5.69 Å². The summed E-state index contributed by atoms with van der Waals surface area (Å²) in [6.45, 7) is 0.385. The molecule has 2 aromatic rings. The zero-order valence-electron chi connectivity index (χ0n) is 14.8. The van der Waals surface area contributed by atoms with Crippen molar-refractivity contribution in [3.8, 4) is 0 Å². The van der Waals surface area contributed by atoms with E-state index in [1.165, 1.54) is 11.1 Å². The van der Waals surface area contributed by atoms with E-state index in [9.17, 15) is 9.59 Å². The second-order valence-electron chi connectivity index (χ2n) is 6.67. The van der Waals surface area contributed by atoms with E-state index in [1.807, 2.05) is 12.1 Å². The van der Waals surface area contributed by atoms with E-state index in [0.29, 0.717) is 17.4 Å². The van der Waals surface area contributed by atoms with E-state index in [2.05, 4.69) is 15.7 Å². The largest absolute Gasteiger partial charge is 0.347 e. The summed E-state index contributed by atoms with van der Waals surface area (Å²) in [6, 6.07) is 8.89. The van der Waals surface area contributed by atoms with Crippen molar-refractivity contribution in [2.75, 3.05) is 5.32 Å². The van der Waals surface area contributed by atoms with Gasteiger partial charge in [-0.2, -0.15) is 5.10 Å². The Morgan fingerprint density at radius 1 is 1.19 bits per heavy atom. The quantitative estimate of drug-likeness (QED) is 0.840. The Morgan fingerprint density at radius 3 is 2.58 bits per heavy atom. The zero-order chi connectivity index (χ0) is 18.5. The average Bonchev–Trinajstić information content (AvgIpc) is 3.02. The maximum atomic E-state index is 12.4. The molecule has 0 aliphatic heterocycles. The molecular formula is C19H23ClN4O2. The van der Waals surface area contributed by atoms with Gasteiger partial charge in [0.1, 0.15) is 5.82 Å². The van der Waals surface area contributed by atoms with Gasteiger partial charge in [-0.3, -0.25) is 14.3 Å². The number of anilines is 1. The standard InChI is InChI=1S/C19H23ClN4O2/c1-24-17(22-18(25)14-5-3-2-4-6-14)11-16(23-24)19(26)21-12-13-7-9-15(20)10-8-13/h7-11,14H,2-6,12H2,1H3,(H,21,26)(H,22,25). The van der Waals surface area contributed by atoms with E-state index in [4.69, 9.17) is 11.6 Å². The van der Waals surface area contributed by atoms with Crippen LogP contribution in [0.25, 0.3) is 0 Å². The molecule has 3 rings (SSSR count). The summed E-state index contributed by atoms with van der Waals surface area (Å²) in [4.78, 5) is 24.7. The molecule has 1 heterocycles. The molecule has 0 spiro atoms. The molecule has 2 N–H and O–H groups in total. The lowest BCUT2D eigenvalue weighted by Crippen LogP contribution is -2.25. The van der Waals surface area contributed by atoms with Gasteiger partial charge in [0.2, 0.25) is 5.91 Å². The lowest BCUT2D eigenvalue weighted by atomic mass is 9.89. The van der Waals surface area contributed by atoms with Crippen molar-refractivity contribution < 1.29 is 9.59 Å². The molecule has 1 fully saturated rings. The van der Waals surface area contributed by atoms with Crippen LogP contribution in [-0.2, 0) is 18.4 Å². The molecule has 1 aliphatic carbocycles. The summed E-state index contributed by atoms with van der Waals surface area (Å²) in [5.74, 6) is 0.326. The molecule has 138 valence electrons. The monoisotopic (exact) mass is 374 g/mol. The predicted molar refractivity (Wildman–Crippen MR) is 101 cm³/mol. The Kier molecular flexibility index (Phi) is 5.93. The highest BCUT2D eigenvalue weighted by atomic mass is 35.5. The van der Waals surface area contributed by atoms with Gasteiger partial charge in [0, 0.05) is 30.6 Å². The van der Waals surface area contributed by atoms with Gasteiger partial charge in [-0.05, 0) is 30.5 Å². The van der Waals surface area contributed by atoms with Crippen LogP contribution in [0.2, 0.25) is 5.02 Å². The lowest BCUT2D eigenvalue weighted by Gasteiger charge is -2.20. The molecule has 0 radical (unpaired) electrons. The lowest BCUT2D eigenvalue weighted by molar-refractivity contribution is -0.120. The van der Waals surface area contributed by atoms with Crippen LogP contribution in [0.3, 0.4) is 0 Å². The van der Waals surface area contributed by atoms with E-state index in [0.717, 1.165) is 31.2 Å². The Balaban J connectivity index is 1.58. The van der Waals surface area contributed by atoms with Crippen LogP contribution in [-0.4, -0.2) is 21.6 Å². The fourth-order valence-corrected chi connectivity index (χ4v) is 3.29. The van der Waals surface area contributed by atoms with Gasteiger partial charge in [0.25, 0.3) is 5.91 Å². The number of benzene rings is 1. The minimum absolute atomic E-state index is 0.0147. The fourth-order valence-electron chi connectivity index (χ4n) is 3.16. The minimum Gasteiger partial charge on any atom is -0.347 e. The van der Waals surface area contributed by atoms with Gasteiger partial charge in [-0.1, -0.05) is 43.0 Å². The zero-order valence-corrected chi connectivity index (χ0v) is 15.6. The van der Waals surface area contributed by atoms with Crippen LogP contribution in [0.4, 0.5) is 5.82 Å². The Morgan fingerprint density at radius 2 is 1.88 bits per heavy atom. The number of halogens is 1. The van der Waals surface area contributed by atoms with Crippen LogP contribution >= 0.6 is 11.6 Å². The minimum atomic E-state index is -0.284. The van der Waals surface area contributed by atoms with Crippen molar-refractivity contribution in [2.45, 2.75) is 38.6 Å². The molecule has 1 aromatic carbocycles. The first-order chi connectivity index (χ1) is 12.5. The molecular weight excluding hydrogens is 352 g/mol. The normalized spacial score (nSPS) is 14.8. The number of hydrogen-bond acceptors (Lipinski definition) is 3. The molecule has 2 amide bonds. The van der Waals surface area contributed by atoms with Crippen LogP contribution < -0.4 is 10.6 Å². The molecule has 0 atom stereocenters. The second kappa shape index (κ2) is 8.36. The number of nitrogens with one attached hydrogen (secondary N) is 2. The summed E-state index contributed by atoms with van der Waals surface area (Å²) >= 11 is 5.85. The van der Waals surface area contributed by atoms with Crippen molar-refractivity contribution in [3.63, 3.8) is 0 Å². The van der Waals surface area contributed by atoms with Crippen molar-refractivity contribution in [3.05, 3.63) is 46.6 Å². The fraction of sp³-hybridized carbons (Fsp3) is 0.421. The van der Waals surface area contributed by atoms with Gasteiger partial charge in [-0.15, -0.1) is 0 Å². The summed E-state index contributed by atoms with van der Waals surface area (Å²) in [7, 11) is 1.71. The summed E-state index contributed by atoms with van der Waals surface area (Å²) in [5, 5.41) is 10.6. The number of hydrogen-bond donors (Lipinski definition) is 2. The van der Waals surface area contributed by atoms with Gasteiger partial charge in [-0.25, -0.2) is 0 Å². The highest BCUT2D eigenvalue weighted by Gasteiger charge is 2.22. The summed E-state index contributed by atoms with van der Waals surface area (Å²) in [5.41, 5.74) is 1.23. The van der Waals surface area contributed by atoms with E-state index in [-0.39, 0.29) is 23.4 Å². The number of nitrogens with zero attached hydrogens (tertiary/aromatic N) is 2. The van der Waals surface area contributed by atoms with Crippen molar-refractivity contribution in [2.24, 2.45) is 13.0 Å². The Hall–Kier alpha value is -2.34. The van der Waals surface area contributed by atoms with Crippen LogP contribution in [0, 0.1) is 5.92 Å². The number of carbonyl (C=O) groups is 2. The first kappa shape index (κ1) is 18.5. The Bertz CT molecular complexity index is 779. The van der Waals surface area contributed by atoms with Crippen molar-refractivity contribution in [1.29, 1.82) is 0 Å². The van der Waals surface area contributed by atoms with E-state index >= 15 is 0 Å². The number of aryl methyl sites for hydroxylation is 1. The Labute approximate surface area is 157 Å². The van der Waals surface area contributed by atoms with Gasteiger partial charge < -0.3 is 10.6 Å². The highest BCUT2D eigenvalue weighted by Crippen LogP contribution is 2.25. The maximum Gasteiger partial charge on any atom is 0.272 e. The first-order valence-electron chi connectivity index (χ1n) is 8.90. The SMILES string of the molecule is Cn1nc(C(=O)NCc2ccc(Cl)cc2)cc1NC(=O)C1CCCCC1. The van der Waals surface area contributed by atoms with E-state index in [1.54, 1.807) is 25.2 Å². The molecule has 0 saturated heterocycles. The van der Waals surface area contributed by atoms with Crippen LogP contribution in [0.15, 0.2) is 30.3 Å². The number of carbonyl (C=O) groups excluding carboxylic acids is 2. The number of amides is 2. The van der Waals surface area contributed by atoms with E-state index < -0.39 is 0 Å². The smallest absolute Gasteiger partial charge is 0.272 e. The molecule has 6 nitrogen and oxygen atoms in total. The molecule has 7 heteroatoms. The van der Waals surface area contributed by atoms with Crippen LogP contribution in [0.1, 0.15) is 48.2 Å². The molecule has 0 bridgehead atoms. The van der Waals surface area contributed by atoms with Crippen LogP contribution in [0.5, 0.6) is 0 Å². The number of aromatic nitrogens is 2. The maximum absolute atomic E-state index is 12.4. The third-order valence-corrected chi connectivity index (χ3v) is 4.96. The third kappa shape index (κ3) is 4.64. The summed E-state index contributed by atoms with van der Waals surface area (Å²) in [6.07, 6.45) is 5.26. The number of rotatable bonds is 5.